The van der Waals surface area contributed by atoms with Gasteiger partial charge in [0.1, 0.15) is 18.0 Å². The van der Waals surface area contributed by atoms with Crippen molar-refractivity contribution >= 4 is 21.9 Å². The summed E-state index contributed by atoms with van der Waals surface area (Å²) in [5, 5.41) is 2.65. The molecule has 0 heterocycles. The smallest absolute Gasteiger partial charge is 0.407 e. The van der Waals surface area contributed by atoms with E-state index in [9.17, 15) is 18.0 Å². The molecule has 0 saturated heterocycles. The highest BCUT2D eigenvalue weighted by Crippen LogP contribution is 2.28. The van der Waals surface area contributed by atoms with Crippen LogP contribution < -0.4 is 5.32 Å². The summed E-state index contributed by atoms with van der Waals surface area (Å²) in [6.07, 6.45) is -0.766. The van der Waals surface area contributed by atoms with Crippen molar-refractivity contribution in [1.82, 2.24) is 5.32 Å². The number of amides is 1. The van der Waals surface area contributed by atoms with E-state index in [0.717, 1.165) is 11.1 Å². The van der Waals surface area contributed by atoms with Gasteiger partial charge in [0.2, 0.25) is 0 Å². The van der Waals surface area contributed by atoms with E-state index in [-0.39, 0.29) is 25.4 Å². The second kappa shape index (κ2) is 11.5. The van der Waals surface area contributed by atoms with Crippen molar-refractivity contribution in [3.8, 4) is 0 Å². The van der Waals surface area contributed by atoms with Crippen LogP contribution in [0.5, 0.6) is 0 Å². The monoisotopic (exact) mass is 489 g/mol. The molecule has 2 aromatic rings. The maximum atomic E-state index is 13.3. The van der Waals surface area contributed by atoms with Crippen LogP contribution in [-0.4, -0.2) is 43.1 Å². The Morgan fingerprint density at radius 3 is 2.00 bits per heavy atom. The van der Waals surface area contributed by atoms with Gasteiger partial charge in [-0.15, -0.1) is 0 Å². The number of benzene rings is 2. The number of carbonyl (C=O) groups is 2. The van der Waals surface area contributed by atoms with Crippen molar-refractivity contribution < 1.29 is 27.5 Å². The molecule has 2 aromatic carbocycles. The Kier molecular flexibility index (Phi) is 9.27. The van der Waals surface area contributed by atoms with Crippen molar-refractivity contribution in [3.63, 3.8) is 0 Å². The number of hydrogen-bond donors (Lipinski definition) is 1. The minimum atomic E-state index is -3.77. The standard InChI is InChI=1S/C26H35NO6S/c1-25(2,3)27-24(29)33-19-26(4,5)34(30,31)18-22(21-14-10-7-11-15-21)16-23(28)32-17-20-12-8-6-9-13-20/h6-15,22H,16-19H2,1-5H3,(H,27,29). The fraction of sp³-hybridized carbons (Fsp3) is 0.462. The van der Waals surface area contributed by atoms with Crippen LogP contribution in [0.1, 0.15) is 58.1 Å². The van der Waals surface area contributed by atoms with Gasteiger partial charge in [0, 0.05) is 11.5 Å². The topological polar surface area (TPSA) is 98.8 Å². The van der Waals surface area contributed by atoms with Gasteiger partial charge in [-0.05, 0) is 45.7 Å². The third kappa shape index (κ3) is 8.82. The van der Waals surface area contributed by atoms with Crippen LogP contribution in [0.25, 0.3) is 0 Å². The molecule has 0 bridgehead atoms. The minimum Gasteiger partial charge on any atom is -0.461 e. The summed E-state index contributed by atoms with van der Waals surface area (Å²) in [7, 11) is -3.77. The van der Waals surface area contributed by atoms with Gasteiger partial charge in [-0.3, -0.25) is 4.79 Å². The van der Waals surface area contributed by atoms with Crippen molar-refractivity contribution in [3.05, 3.63) is 71.8 Å². The first-order valence-corrected chi connectivity index (χ1v) is 12.9. The predicted octanol–water partition coefficient (Wildman–Crippen LogP) is 4.62. The summed E-state index contributed by atoms with van der Waals surface area (Å²) < 4.78 is 35.9. The van der Waals surface area contributed by atoms with E-state index in [0.29, 0.717) is 0 Å². The van der Waals surface area contributed by atoms with Crippen molar-refractivity contribution in [2.24, 2.45) is 0 Å². The van der Waals surface area contributed by atoms with E-state index in [1.165, 1.54) is 13.8 Å². The largest absolute Gasteiger partial charge is 0.461 e. The number of carbonyl (C=O) groups excluding carboxylic acids is 2. The van der Waals surface area contributed by atoms with E-state index in [1.54, 1.807) is 45.0 Å². The molecule has 1 atom stereocenters. The van der Waals surface area contributed by atoms with E-state index >= 15 is 0 Å². The van der Waals surface area contributed by atoms with Gasteiger partial charge in [-0.2, -0.15) is 0 Å². The first-order valence-electron chi connectivity index (χ1n) is 11.2. The molecule has 2 rings (SSSR count). The van der Waals surface area contributed by atoms with Crippen LogP contribution in [0, 0.1) is 0 Å². The van der Waals surface area contributed by atoms with Gasteiger partial charge < -0.3 is 14.8 Å². The molecule has 0 aliphatic rings. The fourth-order valence-corrected chi connectivity index (χ4v) is 4.69. The molecule has 1 unspecified atom stereocenters. The minimum absolute atomic E-state index is 0.0858. The Morgan fingerprint density at radius 1 is 0.882 bits per heavy atom. The normalized spacial score (nSPS) is 13.1. The zero-order chi connectivity index (χ0) is 25.4. The molecule has 0 radical (unpaired) electrons. The highest BCUT2D eigenvalue weighted by atomic mass is 32.2. The van der Waals surface area contributed by atoms with Gasteiger partial charge >= 0.3 is 12.1 Å². The zero-order valence-corrected chi connectivity index (χ0v) is 21.4. The summed E-state index contributed by atoms with van der Waals surface area (Å²) in [5.41, 5.74) is 1.08. The summed E-state index contributed by atoms with van der Waals surface area (Å²) in [5.74, 6) is -1.36. The maximum absolute atomic E-state index is 13.3. The summed E-state index contributed by atoms with van der Waals surface area (Å²) in [4.78, 5) is 24.6. The Balaban J connectivity index is 2.10. The number of esters is 1. The number of hydrogen-bond acceptors (Lipinski definition) is 6. The number of rotatable bonds is 10. The van der Waals surface area contributed by atoms with Crippen LogP contribution >= 0.6 is 0 Å². The first kappa shape index (κ1) is 27.4. The molecule has 0 aliphatic carbocycles. The van der Waals surface area contributed by atoms with Crippen LogP contribution in [0.4, 0.5) is 4.79 Å². The highest BCUT2D eigenvalue weighted by Gasteiger charge is 2.38. The highest BCUT2D eigenvalue weighted by molar-refractivity contribution is 7.92. The van der Waals surface area contributed by atoms with Crippen LogP contribution in [0.2, 0.25) is 0 Å². The number of alkyl carbamates (subject to hydrolysis) is 1. The first-order chi connectivity index (χ1) is 15.8. The Labute approximate surface area is 202 Å². The molecule has 1 amide bonds. The van der Waals surface area contributed by atoms with E-state index in [2.05, 4.69) is 5.32 Å². The van der Waals surface area contributed by atoms with Crippen molar-refractivity contribution in [1.29, 1.82) is 0 Å². The Hall–Kier alpha value is -2.87. The number of ether oxygens (including phenoxy) is 2. The second-order valence-corrected chi connectivity index (χ2v) is 12.6. The van der Waals surface area contributed by atoms with Crippen LogP contribution in [0.15, 0.2) is 60.7 Å². The number of nitrogens with one attached hydrogen (secondary N) is 1. The van der Waals surface area contributed by atoms with Gasteiger partial charge in [-0.25, -0.2) is 13.2 Å². The molecule has 8 heteroatoms. The van der Waals surface area contributed by atoms with Crippen molar-refractivity contribution in [2.75, 3.05) is 12.4 Å². The van der Waals surface area contributed by atoms with Gasteiger partial charge in [-0.1, -0.05) is 60.7 Å². The third-order valence-corrected chi connectivity index (χ3v) is 7.86. The van der Waals surface area contributed by atoms with Crippen molar-refractivity contribution in [2.45, 2.75) is 63.9 Å². The van der Waals surface area contributed by atoms with Gasteiger partial charge in [0.25, 0.3) is 0 Å². The lowest BCUT2D eigenvalue weighted by Crippen LogP contribution is -2.45. The molecule has 0 aliphatic heterocycles. The van der Waals surface area contributed by atoms with Crippen LogP contribution in [-0.2, 0) is 30.7 Å². The lowest BCUT2D eigenvalue weighted by molar-refractivity contribution is -0.145. The van der Waals surface area contributed by atoms with Gasteiger partial charge in [0.05, 0.1) is 12.2 Å². The second-order valence-electron chi connectivity index (χ2n) is 9.95. The molecular weight excluding hydrogens is 454 g/mol. The van der Waals surface area contributed by atoms with Crippen LogP contribution in [0.3, 0.4) is 0 Å². The third-order valence-electron chi connectivity index (χ3n) is 5.22. The average Bonchev–Trinajstić information content (AvgIpc) is 2.76. The maximum Gasteiger partial charge on any atom is 0.407 e. The predicted molar refractivity (Wildman–Crippen MR) is 132 cm³/mol. The molecule has 0 spiro atoms. The quantitative estimate of drug-likeness (QED) is 0.489. The molecule has 186 valence electrons. The zero-order valence-electron chi connectivity index (χ0n) is 20.5. The van der Waals surface area contributed by atoms with E-state index in [4.69, 9.17) is 9.47 Å². The van der Waals surface area contributed by atoms with E-state index in [1.807, 2.05) is 36.4 Å². The number of sulfone groups is 1. The summed E-state index contributed by atoms with van der Waals surface area (Å²) >= 11 is 0. The average molecular weight is 490 g/mol. The van der Waals surface area contributed by atoms with Gasteiger partial charge in [0.15, 0.2) is 9.84 Å². The molecule has 0 saturated carbocycles. The summed E-state index contributed by atoms with van der Waals surface area (Å²) in [6, 6.07) is 18.3. The Bertz CT molecular complexity index is 1040. The molecule has 0 fully saturated rings. The lowest BCUT2D eigenvalue weighted by Gasteiger charge is -2.28. The molecule has 1 N–H and O–H groups in total. The molecular formula is C26H35NO6S. The summed E-state index contributed by atoms with van der Waals surface area (Å²) in [6.45, 7) is 8.25. The van der Waals surface area contributed by atoms with E-state index < -0.39 is 38.1 Å². The molecule has 34 heavy (non-hydrogen) atoms. The SMILES string of the molecule is CC(C)(C)NC(=O)OCC(C)(C)S(=O)(=O)CC(CC(=O)OCc1ccccc1)c1ccccc1. The lowest BCUT2D eigenvalue weighted by atomic mass is 9.98. The molecule has 0 aromatic heterocycles. The molecule has 7 nitrogen and oxygen atoms in total. The Morgan fingerprint density at radius 2 is 1.44 bits per heavy atom. The fourth-order valence-electron chi connectivity index (χ4n) is 3.16.